The molecule has 1 aliphatic carbocycles. The number of anilines is 2. The molecule has 0 heterocycles. The number of carbonyl (C=O) groups excluding carboxylic acids is 2. The zero-order chi connectivity index (χ0) is 14.9. The van der Waals surface area contributed by atoms with Gasteiger partial charge in [-0.25, -0.2) is 0 Å². The summed E-state index contributed by atoms with van der Waals surface area (Å²) in [5.41, 5.74) is 1.02. The molecule has 0 radical (unpaired) electrons. The minimum Gasteiger partial charge on any atom is -0.495 e. The summed E-state index contributed by atoms with van der Waals surface area (Å²) in [5, 5.41) is 5.34. The number of hydrogen-bond donors (Lipinski definition) is 2. The lowest BCUT2D eigenvalue weighted by Gasteiger charge is -2.12. The summed E-state index contributed by atoms with van der Waals surface area (Å²) in [6.45, 7) is 1.40. The van der Waals surface area contributed by atoms with Gasteiger partial charge in [-0.1, -0.05) is 0 Å². The largest absolute Gasteiger partial charge is 0.495 e. The van der Waals surface area contributed by atoms with Crippen LogP contribution in [0.1, 0.15) is 13.3 Å². The molecule has 20 heavy (non-hydrogen) atoms. The Bertz CT molecular complexity index is 561. The Morgan fingerprint density at radius 1 is 1.35 bits per heavy atom. The summed E-state index contributed by atoms with van der Waals surface area (Å²) in [5.74, 6) is -0.411. The molecule has 0 aromatic heterocycles. The molecule has 108 valence electrons. The Hall–Kier alpha value is -1.46. The number of alkyl halides is 2. The van der Waals surface area contributed by atoms with Crippen LogP contribution in [-0.2, 0) is 9.59 Å². The second-order valence-electron chi connectivity index (χ2n) is 4.60. The van der Waals surface area contributed by atoms with Crippen molar-refractivity contribution in [2.24, 2.45) is 5.92 Å². The van der Waals surface area contributed by atoms with Crippen molar-refractivity contribution in [1.29, 1.82) is 0 Å². The van der Waals surface area contributed by atoms with Crippen molar-refractivity contribution in [3.8, 4) is 5.75 Å². The predicted octanol–water partition coefficient (Wildman–Crippen LogP) is 2.79. The van der Waals surface area contributed by atoms with Gasteiger partial charge in [0.2, 0.25) is 11.8 Å². The van der Waals surface area contributed by atoms with Crippen molar-refractivity contribution in [3.05, 3.63) is 18.2 Å². The number of carbonyl (C=O) groups is 2. The van der Waals surface area contributed by atoms with Gasteiger partial charge in [-0.15, -0.1) is 23.2 Å². The van der Waals surface area contributed by atoms with E-state index in [1.54, 1.807) is 18.2 Å². The number of hydrogen-bond acceptors (Lipinski definition) is 3. The third-order valence-corrected chi connectivity index (χ3v) is 3.76. The monoisotopic (exact) mass is 316 g/mol. The van der Waals surface area contributed by atoms with Gasteiger partial charge in [-0.05, 0) is 24.6 Å². The van der Waals surface area contributed by atoms with E-state index in [2.05, 4.69) is 10.6 Å². The molecule has 5 nitrogen and oxygen atoms in total. The second-order valence-corrected chi connectivity index (χ2v) is 6.15. The molecule has 0 unspecified atom stereocenters. The fourth-order valence-corrected chi connectivity index (χ4v) is 2.31. The van der Waals surface area contributed by atoms with Crippen molar-refractivity contribution in [2.45, 2.75) is 17.7 Å². The van der Waals surface area contributed by atoms with Crippen LogP contribution in [0.25, 0.3) is 0 Å². The minimum atomic E-state index is -0.980. The average Bonchev–Trinajstić information content (AvgIpc) is 2.98. The first kappa shape index (κ1) is 14.9. The van der Waals surface area contributed by atoms with E-state index in [0.29, 0.717) is 23.5 Å². The van der Waals surface area contributed by atoms with Crippen LogP contribution in [0, 0.1) is 5.92 Å². The summed E-state index contributed by atoms with van der Waals surface area (Å²) < 4.78 is 4.19. The predicted molar refractivity (Wildman–Crippen MR) is 78.5 cm³/mol. The number of amides is 2. The topological polar surface area (TPSA) is 67.4 Å². The molecule has 0 aliphatic heterocycles. The van der Waals surface area contributed by atoms with Gasteiger partial charge >= 0.3 is 0 Å². The molecule has 2 rings (SSSR count). The fourth-order valence-electron chi connectivity index (χ4n) is 1.80. The molecule has 1 saturated carbocycles. The lowest BCUT2D eigenvalue weighted by molar-refractivity contribution is -0.117. The van der Waals surface area contributed by atoms with Gasteiger partial charge in [-0.3, -0.25) is 9.59 Å². The van der Waals surface area contributed by atoms with Gasteiger partial charge < -0.3 is 15.4 Å². The molecular weight excluding hydrogens is 303 g/mol. The van der Waals surface area contributed by atoms with E-state index in [1.165, 1.54) is 14.0 Å². The van der Waals surface area contributed by atoms with Crippen molar-refractivity contribution in [1.82, 2.24) is 0 Å². The standard InChI is InChI=1S/C13H14Cl2N2O3/c1-7(18)16-8-3-4-11(20-2)10(5-8)17-12(19)9-6-13(9,14)15/h3-5,9H,6H2,1-2H3,(H,16,18)(H,17,19)/t9-/m1/s1. The van der Waals surface area contributed by atoms with E-state index < -0.39 is 10.3 Å². The quantitative estimate of drug-likeness (QED) is 0.839. The van der Waals surface area contributed by atoms with Crippen LogP contribution >= 0.6 is 23.2 Å². The third-order valence-electron chi connectivity index (χ3n) is 2.92. The Morgan fingerprint density at radius 2 is 2.00 bits per heavy atom. The van der Waals surface area contributed by atoms with Gasteiger partial charge in [0.25, 0.3) is 0 Å². The van der Waals surface area contributed by atoms with E-state index in [-0.39, 0.29) is 11.8 Å². The molecule has 2 amide bonds. The number of rotatable bonds is 4. The van der Waals surface area contributed by atoms with Crippen LogP contribution in [0.3, 0.4) is 0 Å². The fraction of sp³-hybridized carbons (Fsp3) is 0.385. The molecule has 2 N–H and O–H groups in total. The summed E-state index contributed by atoms with van der Waals surface area (Å²) >= 11 is 11.7. The smallest absolute Gasteiger partial charge is 0.230 e. The third kappa shape index (κ3) is 3.35. The maximum absolute atomic E-state index is 12.0. The number of ether oxygens (including phenoxy) is 1. The highest BCUT2D eigenvalue weighted by Crippen LogP contribution is 2.53. The van der Waals surface area contributed by atoms with Crippen LogP contribution in [0.4, 0.5) is 11.4 Å². The molecule has 1 atom stereocenters. The van der Waals surface area contributed by atoms with Gasteiger partial charge in [0.15, 0.2) is 0 Å². The molecule has 0 spiro atoms. The van der Waals surface area contributed by atoms with Crippen LogP contribution < -0.4 is 15.4 Å². The maximum atomic E-state index is 12.0. The average molecular weight is 317 g/mol. The Kier molecular flexibility index (Phi) is 4.11. The number of nitrogens with one attached hydrogen (secondary N) is 2. The van der Waals surface area contributed by atoms with Crippen LogP contribution in [0.5, 0.6) is 5.75 Å². The van der Waals surface area contributed by atoms with Crippen molar-refractivity contribution < 1.29 is 14.3 Å². The van der Waals surface area contributed by atoms with Crippen LogP contribution in [0.15, 0.2) is 18.2 Å². The number of benzene rings is 1. The zero-order valence-electron chi connectivity index (χ0n) is 11.0. The number of methoxy groups -OCH3 is 1. The van der Waals surface area contributed by atoms with Crippen molar-refractivity contribution in [3.63, 3.8) is 0 Å². The molecule has 0 bridgehead atoms. The van der Waals surface area contributed by atoms with E-state index in [1.807, 2.05) is 0 Å². The van der Waals surface area contributed by atoms with Gasteiger partial charge in [0.05, 0.1) is 18.7 Å². The summed E-state index contributed by atoms with van der Waals surface area (Å²) in [4.78, 5) is 23.0. The molecule has 7 heteroatoms. The zero-order valence-corrected chi connectivity index (χ0v) is 12.5. The molecule has 1 aromatic rings. The first-order valence-electron chi connectivity index (χ1n) is 5.98. The maximum Gasteiger partial charge on any atom is 0.230 e. The first-order chi connectivity index (χ1) is 9.33. The van der Waals surface area contributed by atoms with Crippen LogP contribution in [0.2, 0.25) is 0 Å². The van der Waals surface area contributed by atoms with Gasteiger partial charge in [0, 0.05) is 12.6 Å². The van der Waals surface area contributed by atoms with E-state index >= 15 is 0 Å². The lowest BCUT2D eigenvalue weighted by atomic mass is 10.2. The Labute approximate surface area is 126 Å². The SMILES string of the molecule is COc1ccc(NC(C)=O)cc1NC(=O)[C@H]1CC1(Cl)Cl. The molecule has 1 aliphatic rings. The van der Waals surface area contributed by atoms with Crippen molar-refractivity contribution in [2.75, 3.05) is 17.7 Å². The number of halogens is 2. The summed E-state index contributed by atoms with van der Waals surface area (Å²) in [7, 11) is 1.49. The Morgan fingerprint density at radius 3 is 2.50 bits per heavy atom. The minimum absolute atomic E-state index is 0.199. The lowest BCUT2D eigenvalue weighted by Crippen LogP contribution is -2.17. The highest BCUT2D eigenvalue weighted by Gasteiger charge is 2.56. The Balaban J connectivity index is 2.16. The van der Waals surface area contributed by atoms with Crippen LogP contribution in [-0.4, -0.2) is 23.3 Å². The van der Waals surface area contributed by atoms with Gasteiger partial charge in [-0.2, -0.15) is 0 Å². The van der Waals surface area contributed by atoms with E-state index in [9.17, 15) is 9.59 Å². The van der Waals surface area contributed by atoms with Crippen molar-refractivity contribution >= 4 is 46.4 Å². The molecule has 1 aromatic carbocycles. The first-order valence-corrected chi connectivity index (χ1v) is 6.73. The molecular formula is C13H14Cl2N2O3. The second kappa shape index (κ2) is 5.50. The summed E-state index contributed by atoms with van der Waals surface area (Å²) in [6.07, 6.45) is 0.426. The normalized spacial score (nSPS) is 19.1. The summed E-state index contributed by atoms with van der Waals surface area (Å²) in [6, 6.07) is 4.95. The highest BCUT2D eigenvalue weighted by molar-refractivity contribution is 6.52. The van der Waals surface area contributed by atoms with E-state index in [0.717, 1.165) is 0 Å². The highest BCUT2D eigenvalue weighted by atomic mass is 35.5. The molecule has 0 saturated heterocycles. The molecule has 1 fully saturated rings. The van der Waals surface area contributed by atoms with Gasteiger partial charge in [0.1, 0.15) is 10.1 Å². The van der Waals surface area contributed by atoms with E-state index in [4.69, 9.17) is 27.9 Å².